The molecule has 4 aromatic rings. The summed E-state index contributed by atoms with van der Waals surface area (Å²) in [5.41, 5.74) is 3.27. The topological polar surface area (TPSA) is 58.2 Å². The van der Waals surface area contributed by atoms with Crippen LogP contribution in [0.25, 0.3) is 0 Å². The second-order valence-corrected chi connectivity index (χ2v) is 9.25. The fourth-order valence-corrected chi connectivity index (χ4v) is 4.53. The first-order chi connectivity index (χ1) is 16.6. The molecular weight excluding hydrogens is 464 g/mol. The van der Waals surface area contributed by atoms with Crippen LogP contribution in [0.2, 0.25) is 5.02 Å². The van der Waals surface area contributed by atoms with Gasteiger partial charge in [-0.3, -0.25) is 9.59 Å². The van der Waals surface area contributed by atoms with Crippen molar-refractivity contribution >= 4 is 46.6 Å². The number of nitrogens with one attached hydrogen (secondary N) is 2. The molecule has 0 aliphatic carbocycles. The predicted molar refractivity (Wildman–Crippen MR) is 140 cm³/mol. The third-order valence-corrected chi connectivity index (χ3v) is 6.57. The Hall–Kier alpha value is -3.54. The lowest BCUT2D eigenvalue weighted by atomic mass is 10.1. The number of hydrogen-bond donors (Lipinski definition) is 2. The van der Waals surface area contributed by atoms with E-state index in [2.05, 4.69) is 10.6 Å². The number of anilines is 2. The summed E-state index contributed by atoms with van der Waals surface area (Å²) < 4.78 is 0. The Labute approximate surface area is 208 Å². The molecule has 1 atom stereocenters. The fraction of sp³-hybridized carbons (Fsp3) is 0.0714. The lowest BCUT2D eigenvalue weighted by Gasteiger charge is -2.17. The van der Waals surface area contributed by atoms with Crippen LogP contribution in [0.5, 0.6) is 0 Å². The summed E-state index contributed by atoms with van der Waals surface area (Å²) in [6.07, 6.45) is 0.267. The lowest BCUT2D eigenvalue weighted by Crippen LogP contribution is -2.19. The van der Waals surface area contributed by atoms with E-state index in [4.69, 9.17) is 11.6 Å². The second-order valence-electron chi connectivity index (χ2n) is 7.64. The van der Waals surface area contributed by atoms with Gasteiger partial charge in [-0.2, -0.15) is 0 Å². The molecule has 34 heavy (non-hydrogen) atoms. The summed E-state index contributed by atoms with van der Waals surface area (Å²) in [7, 11) is 0. The maximum absolute atomic E-state index is 13.1. The van der Waals surface area contributed by atoms with Crippen LogP contribution in [0.15, 0.2) is 114 Å². The number of benzene rings is 4. The highest BCUT2D eigenvalue weighted by atomic mass is 35.5. The van der Waals surface area contributed by atoms with Gasteiger partial charge in [-0.15, -0.1) is 11.8 Å². The van der Waals surface area contributed by atoms with Crippen LogP contribution in [0.1, 0.15) is 16.4 Å². The van der Waals surface area contributed by atoms with Gasteiger partial charge in [-0.1, -0.05) is 72.3 Å². The zero-order valence-corrected chi connectivity index (χ0v) is 19.9. The van der Waals surface area contributed by atoms with E-state index in [0.29, 0.717) is 10.7 Å². The van der Waals surface area contributed by atoms with Gasteiger partial charge >= 0.3 is 0 Å². The molecule has 1 unspecified atom stereocenters. The van der Waals surface area contributed by atoms with Crippen molar-refractivity contribution in [3.8, 4) is 0 Å². The van der Waals surface area contributed by atoms with Gasteiger partial charge in [0.15, 0.2) is 0 Å². The Morgan fingerprint density at radius 2 is 1.29 bits per heavy atom. The van der Waals surface area contributed by atoms with Crippen LogP contribution in [0, 0.1) is 0 Å². The normalized spacial score (nSPS) is 11.4. The van der Waals surface area contributed by atoms with Gasteiger partial charge in [0, 0.05) is 21.3 Å². The maximum atomic E-state index is 13.1. The minimum atomic E-state index is -0.424. The van der Waals surface area contributed by atoms with Crippen molar-refractivity contribution in [2.75, 3.05) is 10.6 Å². The molecule has 0 heterocycles. The molecule has 0 aliphatic rings. The molecular formula is C28H23ClN2O2S. The Kier molecular flexibility index (Phi) is 8.02. The minimum Gasteiger partial charge on any atom is -0.326 e. The van der Waals surface area contributed by atoms with Gasteiger partial charge in [-0.25, -0.2) is 0 Å². The number of carbonyl (C=O) groups is 2. The Morgan fingerprint density at radius 1 is 0.706 bits per heavy atom. The molecule has 0 spiro atoms. The third-order valence-electron chi connectivity index (χ3n) is 5.05. The molecule has 4 nitrogen and oxygen atoms in total. The predicted octanol–water partition coefficient (Wildman–Crippen LogP) is 6.99. The summed E-state index contributed by atoms with van der Waals surface area (Å²) in [5.74, 6) is -0.199. The molecule has 4 aromatic carbocycles. The first-order valence-electron chi connectivity index (χ1n) is 10.8. The number of para-hydroxylation sites is 1. The minimum absolute atomic E-state index is 0.0947. The van der Waals surface area contributed by atoms with E-state index in [1.807, 2.05) is 97.1 Å². The molecule has 0 fully saturated rings. The largest absolute Gasteiger partial charge is 0.326 e. The Morgan fingerprint density at radius 3 is 1.94 bits per heavy atom. The smallest absolute Gasteiger partial charge is 0.242 e. The van der Waals surface area contributed by atoms with Crippen molar-refractivity contribution in [3.63, 3.8) is 0 Å². The fourth-order valence-electron chi connectivity index (χ4n) is 3.38. The van der Waals surface area contributed by atoms with E-state index in [0.717, 1.165) is 21.7 Å². The van der Waals surface area contributed by atoms with Gasteiger partial charge < -0.3 is 10.6 Å². The molecule has 0 aliphatic heterocycles. The average Bonchev–Trinajstić information content (AvgIpc) is 2.86. The second kappa shape index (κ2) is 11.5. The summed E-state index contributed by atoms with van der Waals surface area (Å²) in [5, 5.41) is 6.13. The maximum Gasteiger partial charge on any atom is 0.242 e. The van der Waals surface area contributed by atoms with Crippen molar-refractivity contribution in [3.05, 3.63) is 125 Å². The first-order valence-corrected chi connectivity index (χ1v) is 12.0. The van der Waals surface area contributed by atoms with Crippen molar-refractivity contribution < 1.29 is 9.59 Å². The molecule has 2 amide bonds. The number of hydrogen-bond acceptors (Lipinski definition) is 3. The monoisotopic (exact) mass is 486 g/mol. The van der Waals surface area contributed by atoms with Gasteiger partial charge in [-0.05, 0) is 59.7 Å². The zero-order valence-electron chi connectivity index (χ0n) is 18.3. The number of halogens is 1. The highest BCUT2D eigenvalue weighted by Crippen LogP contribution is 2.36. The summed E-state index contributed by atoms with van der Waals surface area (Å²) >= 11 is 7.36. The number of amides is 2. The number of carbonyl (C=O) groups excluding carboxylic acids is 2. The van der Waals surface area contributed by atoms with Gasteiger partial charge in [0.1, 0.15) is 5.25 Å². The molecule has 0 saturated carbocycles. The molecule has 0 saturated heterocycles. The van der Waals surface area contributed by atoms with E-state index < -0.39 is 5.25 Å². The van der Waals surface area contributed by atoms with Crippen molar-refractivity contribution in [2.45, 2.75) is 16.6 Å². The molecule has 4 rings (SSSR count). The Balaban J connectivity index is 1.42. The van der Waals surface area contributed by atoms with Crippen LogP contribution in [-0.2, 0) is 16.0 Å². The molecule has 0 bridgehead atoms. The quantitative estimate of drug-likeness (QED) is 0.264. The Bertz CT molecular complexity index is 1230. The van der Waals surface area contributed by atoms with Crippen molar-refractivity contribution in [1.29, 1.82) is 0 Å². The molecule has 0 aromatic heterocycles. The summed E-state index contributed by atoms with van der Waals surface area (Å²) in [6, 6.07) is 33.9. The van der Waals surface area contributed by atoms with Crippen LogP contribution in [0.4, 0.5) is 11.4 Å². The summed E-state index contributed by atoms with van der Waals surface area (Å²) in [4.78, 5) is 26.4. The molecule has 170 valence electrons. The van der Waals surface area contributed by atoms with E-state index in [-0.39, 0.29) is 18.2 Å². The van der Waals surface area contributed by atoms with Crippen LogP contribution in [0.3, 0.4) is 0 Å². The van der Waals surface area contributed by atoms with E-state index in [1.54, 1.807) is 12.1 Å². The first kappa shape index (κ1) is 23.6. The molecule has 6 heteroatoms. The van der Waals surface area contributed by atoms with E-state index in [1.165, 1.54) is 11.8 Å². The summed E-state index contributed by atoms with van der Waals surface area (Å²) in [6.45, 7) is 0. The van der Waals surface area contributed by atoms with Crippen LogP contribution < -0.4 is 10.6 Å². The molecule has 2 N–H and O–H groups in total. The third kappa shape index (κ3) is 6.73. The lowest BCUT2D eigenvalue weighted by molar-refractivity contribution is -0.116. The van der Waals surface area contributed by atoms with E-state index in [9.17, 15) is 9.59 Å². The van der Waals surface area contributed by atoms with Gasteiger partial charge in [0.25, 0.3) is 0 Å². The number of thioether (sulfide) groups is 1. The van der Waals surface area contributed by atoms with Crippen LogP contribution >= 0.6 is 23.4 Å². The standard InChI is InChI=1S/C28H23ClN2O2S/c29-22-13-11-20(12-14-22)19-26(32)30-24-15-17-25(18-16-24)34-27(21-7-3-1-4-8-21)28(33)31-23-9-5-2-6-10-23/h1-18,27H,19H2,(H,30,32)(H,31,33). The SMILES string of the molecule is O=C(Cc1ccc(Cl)cc1)Nc1ccc(SC(C(=O)Nc2ccccc2)c2ccccc2)cc1. The van der Waals surface area contributed by atoms with E-state index >= 15 is 0 Å². The van der Waals surface area contributed by atoms with Gasteiger partial charge in [0.05, 0.1) is 6.42 Å². The molecule has 0 radical (unpaired) electrons. The highest BCUT2D eigenvalue weighted by Gasteiger charge is 2.22. The average molecular weight is 487 g/mol. The zero-order chi connectivity index (χ0) is 23.8. The highest BCUT2D eigenvalue weighted by molar-refractivity contribution is 8.00. The number of rotatable bonds is 8. The van der Waals surface area contributed by atoms with Crippen molar-refractivity contribution in [1.82, 2.24) is 0 Å². The van der Waals surface area contributed by atoms with Gasteiger partial charge in [0.2, 0.25) is 11.8 Å². The van der Waals surface area contributed by atoms with Crippen LogP contribution in [-0.4, -0.2) is 11.8 Å². The van der Waals surface area contributed by atoms with Crippen molar-refractivity contribution in [2.24, 2.45) is 0 Å².